The van der Waals surface area contributed by atoms with E-state index >= 15 is 0 Å². The van der Waals surface area contributed by atoms with Gasteiger partial charge in [0.15, 0.2) is 0 Å². The normalized spacial score (nSPS) is 51.0. The molecule has 0 saturated heterocycles. The molecule has 0 aliphatic heterocycles. The maximum atomic E-state index is 11.4. The van der Waals surface area contributed by atoms with Crippen LogP contribution in [0.1, 0.15) is 99.8 Å². The first-order chi connectivity index (χ1) is 14.4. The zero-order valence-electron chi connectivity index (χ0n) is 21.1. The van der Waals surface area contributed by atoms with Gasteiger partial charge < -0.3 is 10.2 Å². The molecule has 2 fully saturated rings. The first kappa shape index (κ1) is 22.2. The lowest BCUT2D eigenvalue weighted by Crippen LogP contribution is -2.63. The summed E-state index contributed by atoms with van der Waals surface area (Å²) in [5, 5.41) is 22.2. The molecule has 5 aliphatic carbocycles. The molecule has 2 heteroatoms. The van der Waals surface area contributed by atoms with Crippen LogP contribution in [-0.2, 0) is 0 Å². The number of aliphatic hydroxyl groups is 2. The molecule has 31 heavy (non-hydrogen) atoms. The van der Waals surface area contributed by atoms with Crippen molar-refractivity contribution >= 4 is 0 Å². The second-order valence-electron chi connectivity index (χ2n) is 13.7. The van der Waals surface area contributed by atoms with Gasteiger partial charge in [0.1, 0.15) is 0 Å². The molecule has 2 nitrogen and oxygen atoms in total. The number of rotatable bonds is 1. The molecule has 2 saturated carbocycles. The van der Waals surface area contributed by atoms with Gasteiger partial charge in [0.25, 0.3) is 0 Å². The molecular weight excluding hydrogens is 380 g/mol. The van der Waals surface area contributed by atoms with Crippen molar-refractivity contribution in [3.8, 4) is 0 Å². The van der Waals surface area contributed by atoms with Gasteiger partial charge >= 0.3 is 0 Å². The zero-order chi connectivity index (χ0) is 22.6. The highest BCUT2D eigenvalue weighted by atomic mass is 16.3. The summed E-state index contributed by atoms with van der Waals surface area (Å²) in [7, 11) is 0. The van der Waals surface area contributed by atoms with Gasteiger partial charge in [0.05, 0.1) is 12.2 Å². The predicted octanol–water partition coefficient (Wildman–Crippen LogP) is 6.67. The Kier molecular flexibility index (Phi) is 4.81. The van der Waals surface area contributed by atoms with Crippen LogP contribution in [0.5, 0.6) is 0 Å². The Labute approximate surface area is 190 Å². The van der Waals surface area contributed by atoms with Crippen molar-refractivity contribution in [1.29, 1.82) is 0 Å². The van der Waals surface area contributed by atoms with Crippen LogP contribution < -0.4 is 0 Å². The van der Waals surface area contributed by atoms with E-state index < -0.39 is 0 Å². The standard InChI is InChI=1S/C29H46O2/c1-17(2)18-8-9-19-21(30)16-29(7)20(25(18)19)10-11-23-27(5)14-13-24(31)26(3,4)22(27)12-15-28(23,29)6/h10,17-18,21-24,30-31H,8-9,11-16H2,1-7H3/t18-,21+,22+,23+,24-,27-,28+,29+/m0/s1. The summed E-state index contributed by atoms with van der Waals surface area (Å²) in [5.41, 5.74) is 5.11. The van der Waals surface area contributed by atoms with E-state index in [4.69, 9.17) is 0 Å². The van der Waals surface area contributed by atoms with E-state index in [1.807, 2.05) is 0 Å². The fraction of sp³-hybridized carbons (Fsp3) is 0.862. The minimum atomic E-state index is -0.258. The van der Waals surface area contributed by atoms with E-state index in [2.05, 4.69) is 54.5 Å². The summed E-state index contributed by atoms with van der Waals surface area (Å²) in [4.78, 5) is 0. The third kappa shape index (κ3) is 2.64. The van der Waals surface area contributed by atoms with Crippen molar-refractivity contribution in [2.24, 2.45) is 45.3 Å². The van der Waals surface area contributed by atoms with Gasteiger partial charge in [-0.15, -0.1) is 0 Å². The third-order valence-corrected chi connectivity index (χ3v) is 12.0. The van der Waals surface area contributed by atoms with E-state index in [0.29, 0.717) is 23.7 Å². The fourth-order valence-electron chi connectivity index (χ4n) is 9.97. The third-order valence-electron chi connectivity index (χ3n) is 12.0. The van der Waals surface area contributed by atoms with Gasteiger partial charge in [0, 0.05) is 5.41 Å². The number of hydrogen-bond donors (Lipinski definition) is 2. The van der Waals surface area contributed by atoms with Crippen LogP contribution in [0.25, 0.3) is 0 Å². The van der Waals surface area contributed by atoms with Crippen LogP contribution in [0.2, 0.25) is 0 Å². The molecule has 8 atom stereocenters. The van der Waals surface area contributed by atoms with Crippen LogP contribution in [0.3, 0.4) is 0 Å². The van der Waals surface area contributed by atoms with Crippen molar-refractivity contribution < 1.29 is 10.2 Å². The fourth-order valence-corrected chi connectivity index (χ4v) is 9.97. The zero-order valence-corrected chi connectivity index (χ0v) is 21.1. The van der Waals surface area contributed by atoms with E-state index in [9.17, 15) is 10.2 Å². The van der Waals surface area contributed by atoms with Crippen LogP contribution in [0, 0.1) is 45.3 Å². The Morgan fingerprint density at radius 3 is 2.32 bits per heavy atom. The molecule has 0 radical (unpaired) electrons. The minimum absolute atomic E-state index is 0.00477. The largest absolute Gasteiger partial charge is 0.393 e. The van der Waals surface area contributed by atoms with Gasteiger partial charge in [-0.1, -0.05) is 54.5 Å². The molecule has 0 aromatic carbocycles. The quantitative estimate of drug-likeness (QED) is 0.491. The Morgan fingerprint density at radius 1 is 0.935 bits per heavy atom. The summed E-state index contributed by atoms with van der Waals surface area (Å²) in [6, 6.07) is 0. The monoisotopic (exact) mass is 426 g/mol. The van der Waals surface area contributed by atoms with Crippen LogP contribution >= 0.6 is 0 Å². The Bertz CT molecular complexity index is 834. The van der Waals surface area contributed by atoms with E-state index in [-0.39, 0.29) is 33.9 Å². The highest BCUT2D eigenvalue weighted by molar-refractivity contribution is 5.51. The highest BCUT2D eigenvalue weighted by Gasteiger charge is 2.66. The van der Waals surface area contributed by atoms with Crippen LogP contribution in [0.15, 0.2) is 22.8 Å². The highest BCUT2D eigenvalue weighted by Crippen LogP contribution is 2.74. The number of aliphatic hydroxyl groups excluding tert-OH is 2. The average Bonchev–Trinajstić information content (AvgIpc) is 3.12. The topological polar surface area (TPSA) is 40.5 Å². The number of fused-ring (bicyclic) bond motifs is 6. The predicted molar refractivity (Wildman–Crippen MR) is 127 cm³/mol. The van der Waals surface area contributed by atoms with Crippen molar-refractivity contribution in [1.82, 2.24) is 0 Å². The summed E-state index contributed by atoms with van der Waals surface area (Å²) in [5.74, 6) is 2.47. The second-order valence-corrected chi connectivity index (χ2v) is 13.7. The van der Waals surface area contributed by atoms with Gasteiger partial charge in [-0.3, -0.25) is 0 Å². The molecule has 5 rings (SSSR count). The molecule has 0 unspecified atom stereocenters. The van der Waals surface area contributed by atoms with E-state index in [1.165, 1.54) is 31.3 Å². The summed E-state index contributed by atoms with van der Waals surface area (Å²) >= 11 is 0. The minimum Gasteiger partial charge on any atom is -0.393 e. The Hall–Kier alpha value is -0.600. The average molecular weight is 427 g/mol. The van der Waals surface area contributed by atoms with Gasteiger partial charge in [-0.2, -0.15) is 0 Å². The molecular formula is C29H46O2. The maximum Gasteiger partial charge on any atom is 0.0764 e. The van der Waals surface area contributed by atoms with Crippen LogP contribution in [-0.4, -0.2) is 22.4 Å². The molecule has 5 aliphatic rings. The molecule has 0 heterocycles. The number of allylic oxidation sites excluding steroid dienone is 3. The molecule has 0 bridgehead atoms. The Morgan fingerprint density at radius 2 is 1.65 bits per heavy atom. The molecule has 0 spiro atoms. The second kappa shape index (κ2) is 6.72. The van der Waals surface area contributed by atoms with Crippen LogP contribution in [0.4, 0.5) is 0 Å². The van der Waals surface area contributed by atoms with Crippen molar-refractivity contribution in [3.63, 3.8) is 0 Å². The van der Waals surface area contributed by atoms with Crippen molar-refractivity contribution in [2.75, 3.05) is 0 Å². The molecule has 0 amide bonds. The Balaban J connectivity index is 1.62. The maximum absolute atomic E-state index is 11.4. The lowest BCUT2D eigenvalue weighted by atomic mass is 9.35. The molecule has 0 aromatic heterocycles. The van der Waals surface area contributed by atoms with Gasteiger partial charge in [-0.05, 0) is 108 Å². The number of hydrogen-bond acceptors (Lipinski definition) is 2. The lowest BCUT2D eigenvalue weighted by molar-refractivity contribution is -0.197. The lowest BCUT2D eigenvalue weighted by Gasteiger charge is -2.69. The molecule has 0 aromatic rings. The van der Waals surface area contributed by atoms with Gasteiger partial charge in [-0.25, -0.2) is 0 Å². The van der Waals surface area contributed by atoms with E-state index in [1.54, 1.807) is 11.1 Å². The molecule has 174 valence electrons. The molecule has 2 N–H and O–H groups in total. The smallest absolute Gasteiger partial charge is 0.0764 e. The first-order valence-corrected chi connectivity index (χ1v) is 13.2. The van der Waals surface area contributed by atoms with E-state index in [0.717, 1.165) is 25.7 Å². The summed E-state index contributed by atoms with van der Waals surface area (Å²) < 4.78 is 0. The van der Waals surface area contributed by atoms with Gasteiger partial charge in [0.2, 0.25) is 0 Å². The SMILES string of the molecule is CC(C)[C@@H]1CCC2=C1C1=CC[C@@H]3[C@@]4(C)CC[C@H](O)C(C)(C)[C@H]4CC[C@@]3(C)[C@]1(C)C[C@H]2O. The first-order valence-electron chi connectivity index (χ1n) is 13.2. The van der Waals surface area contributed by atoms with Crippen molar-refractivity contribution in [2.45, 2.75) is 112 Å². The van der Waals surface area contributed by atoms with Crippen molar-refractivity contribution in [3.05, 3.63) is 22.8 Å². The summed E-state index contributed by atoms with van der Waals surface area (Å²) in [6.07, 6.45) is 11.1. The summed E-state index contributed by atoms with van der Waals surface area (Å²) in [6.45, 7) is 17.0.